The first-order valence-corrected chi connectivity index (χ1v) is 6.71. The normalized spacial score (nSPS) is 42.2. The lowest BCUT2D eigenvalue weighted by molar-refractivity contribution is -0.177. The average molecular weight is 264 g/mol. The molecule has 104 valence electrons. The number of hydrogen-bond acceptors (Lipinski definition) is 3. The van der Waals surface area contributed by atoms with Crippen LogP contribution in [0, 0.1) is 5.92 Å². The fourth-order valence-corrected chi connectivity index (χ4v) is 3.45. The van der Waals surface area contributed by atoms with Gasteiger partial charge in [0.25, 0.3) is 0 Å². The van der Waals surface area contributed by atoms with E-state index >= 15 is 0 Å². The summed E-state index contributed by atoms with van der Waals surface area (Å²) >= 11 is 0. The van der Waals surface area contributed by atoms with Crippen molar-refractivity contribution in [3.8, 4) is 0 Å². The van der Waals surface area contributed by atoms with Gasteiger partial charge in [0.1, 0.15) is 0 Å². The van der Waals surface area contributed by atoms with Crippen molar-refractivity contribution in [3.05, 3.63) is 0 Å². The highest BCUT2D eigenvalue weighted by Gasteiger charge is 2.47. The van der Waals surface area contributed by atoms with E-state index in [1.165, 1.54) is 0 Å². The third kappa shape index (κ3) is 2.38. The molecule has 0 aromatic rings. The molecule has 18 heavy (non-hydrogen) atoms. The maximum Gasteiger partial charge on any atom is 0.394 e. The van der Waals surface area contributed by atoms with E-state index in [-0.39, 0.29) is 25.2 Å². The summed E-state index contributed by atoms with van der Waals surface area (Å²) in [5.41, 5.74) is 0. The molecule has 0 saturated carbocycles. The van der Waals surface area contributed by atoms with Crippen LogP contribution < -0.4 is 5.32 Å². The van der Waals surface area contributed by atoms with E-state index in [1.54, 1.807) is 0 Å². The number of rotatable bonds is 1. The minimum Gasteiger partial charge on any atom is -0.373 e. The molecule has 6 heteroatoms. The maximum atomic E-state index is 12.9. The quantitative estimate of drug-likeness (QED) is 0.774. The molecule has 3 rings (SSSR count). The Morgan fingerprint density at radius 3 is 2.67 bits per heavy atom. The lowest BCUT2D eigenvalue weighted by atomic mass is 9.93. The molecule has 2 bridgehead atoms. The predicted molar refractivity (Wildman–Crippen MR) is 60.3 cm³/mol. The average Bonchev–Trinajstić information content (AvgIpc) is 2.82. The smallest absolute Gasteiger partial charge is 0.373 e. The summed E-state index contributed by atoms with van der Waals surface area (Å²) in [6, 6.07) is 0.202. The van der Waals surface area contributed by atoms with Gasteiger partial charge >= 0.3 is 6.18 Å². The summed E-state index contributed by atoms with van der Waals surface area (Å²) in [5.74, 6) is -1.25. The lowest BCUT2D eigenvalue weighted by Crippen LogP contribution is -2.46. The Hall–Kier alpha value is -0.330. The lowest BCUT2D eigenvalue weighted by Gasteiger charge is -2.33. The zero-order chi connectivity index (χ0) is 12.8. The van der Waals surface area contributed by atoms with Crippen LogP contribution in [0.4, 0.5) is 13.2 Å². The van der Waals surface area contributed by atoms with Gasteiger partial charge in [0.05, 0.1) is 18.1 Å². The summed E-state index contributed by atoms with van der Waals surface area (Å²) in [6.45, 7) is 1.50. The molecular weight excluding hydrogens is 245 g/mol. The molecule has 0 radical (unpaired) electrons. The molecule has 3 nitrogen and oxygen atoms in total. The summed E-state index contributed by atoms with van der Waals surface area (Å²) in [5, 5.41) is 2.90. The van der Waals surface area contributed by atoms with Crippen molar-refractivity contribution in [3.63, 3.8) is 0 Å². The van der Waals surface area contributed by atoms with Crippen molar-refractivity contribution >= 4 is 0 Å². The van der Waals surface area contributed by atoms with Crippen LogP contribution in [-0.2, 0) is 4.74 Å². The fourth-order valence-electron chi connectivity index (χ4n) is 3.45. The maximum absolute atomic E-state index is 12.9. The van der Waals surface area contributed by atoms with Gasteiger partial charge in [-0.15, -0.1) is 0 Å². The summed E-state index contributed by atoms with van der Waals surface area (Å²) in [6.07, 6.45) is -0.641. The van der Waals surface area contributed by atoms with Crippen molar-refractivity contribution in [2.45, 2.75) is 43.7 Å². The number of nitrogens with zero attached hydrogens (tertiary/aromatic N) is 1. The first-order valence-electron chi connectivity index (χ1n) is 6.71. The first kappa shape index (κ1) is 12.7. The largest absolute Gasteiger partial charge is 0.394 e. The van der Waals surface area contributed by atoms with E-state index in [1.807, 2.05) is 4.90 Å². The minimum absolute atomic E-state index is 0.0433. The van der Waals surface area contributed by atoms with Crippen molar-refractivity contribution < 1.29 is 17.9 Å². The Balaban J connectivity index is 1.68. The van der Waals surface area contributed by atoms with Crippen molar-refractivity contribution in [1.82, 2.24) is 10.2 Å². The summed E-state index contributed by atoms with van der Waals surface area (Å²) in [7, 11) is 0. The molecule has 3 fully saturated rings. The van der Waals surface area contributed by atoms with Gasteiger partial charge in [-0.3, -0.25) is 4.90 Å². The van der Waals surface area contributed by atoms with Gasteiger partial charge < -0.3 is 10.1 Å². The molecule has 0 aromatic carbocycles. The monoisotopic (exact) mass is 264 g/mol. The van der Waals surface area contributed by atoms with Crippen LogP contribution in [-0.4, -0.2) is 55.5 Å². The molecule has 4 unspecified atom stereocenters. The second-order valence-corrected chi connectivity index (χ2v) is 5.61. The van der Waals surface area contributed by atoms with Crippen LogP contribution in [0.1, 0.15) is 19.3 Å². The van der Waals surface area contributed by atoms with Crippen LogP contribution in [0.25, 0.3) is 0 Å². The fraction of sp³-hybridized carbons (Fsp3) is 1.00. The number of halogens is 3. The number of ether oxygens (including phenoxy) is 1. The Labute approximate surface area is 105 Å². The highest BCUT2D eigenvalue weighted by Crippen LogP contribution is 2.38. The van der Waals surface area contributed by atoms with E-state index < -0.39 is 12.1 Å². The second-order valence-electron chi connectivity index (χ2n) is 5.61. The Morgan fingerprint density at radius 2 is 2.06 bits per heavy atom. The zero-order valence-corrected chi connectivity index (χ0v) is 10.2. The molecule has 3 saturated heterocycles. The summed E-state index contributed by atoms with van der Waals surface area (Å²) in [4.78, 5) is 2.00. The van der Waals surface area contributed by atoms with Crippen LogP contribution in [0.15, 0.2) is 0 Å². The van der Waals surface area contributed by atoms with Gasteiger partial charge in [0, 0.05) is 32.2 Å². The van der Waals surface area contributed by atoms with Gasteiger partial charge in [-0.2, -0.15) is 13.2 Å². The Morgan fingerprint density at radius 1 is 1.22 bits per heavy atom. The van der Waals surface area contributed by atoms with Crippen LogP contribution in [0.2, 0.25) is 0 Å². The van der Waals surface area contributed by atoms with Gasteiger partial charge in [-0.25, -0.2) is 0 Å². The first-order chi connectivity index (χ1) is 8.54. The number of alkyl halides is 3. The van der Waals surface area contributed by atoms with Gasteiger partial charge in [-0.1, -0.05) is 0 Å². The molecule has 3 aliphatic heterocycles. The molecule has 1 N–H and O–H groups in total. The Kier molecular flexibility index (Phi) is 3.28. The second kappa shape index (κ2) is 4.65. The van der Waals surface area contributed by atoms with Gasteiger partial charge in [0.2, 0.25) is 0 Å². The van der Waals surface area contributed by atoms with Crippen LogP contribution in [0.3, 0.4) is 0 Å². The molecule has 0 aliphatic carbocycles. The highest BCUT2D eigenvalue weighted by molar-refractivity contribution is 4.96. The number of fused-ring (bicyclic) bond motifs is 2. The topological polar surface area (TPSA) is 24.5 Å². The zero-order valence-electron chi connectivity index (χ0n) is 10.2. The van der Waals surface area contributed by atoms with Crippen molar-refractivity contribution in [2.75, 3.05) is 26.2 Å². The number of nitrogens with one attached hydrogen (secondary N) is 1. The summed E-state index contributed by atoms with van der Waals surface area (Å²) < 4.78 is 44.4. The molecular formula is C12H19F3N2O. The van der Waals surface area contributed by atoms with Gasteiger partial charge in [0.15, 0.2) is 0 Å². The van der Waals surface area contributed by atoms with E-state index in [9.17, 15) is 13.2 Å². The molecule has 0 amide bonds. The third-order valence-corrected chi connectivity index (χ3v) is 4.43. The molecule has 0 aromatic heterocycles. The van der Waals surface area contributed by atoms with Crippen molar-refractivity contribution in [1.29, 1.82) is 0 Å². The standard InChI is InChI=1S/C12H19F3N2O/c13-12(14,15)8-6-16-3-4-17(7-8)10-5-9-1-2-11(10)18-9/h8-11,16H,1-7H2. The van der Waals surface area contributed by atoms with Crippen molar-refractivity contribution in [2.24, 2.45) is 5.92 Å². The Bertz CT molecular complexity index is 310. The molecule has 0 spiro atoms. The minimum atomic E-state index is -4.10. The number of hydrogen-bond donors (Lipinski definition) is 1. The van der Waals surface area contributed by atoms with E-state index in [0.717, 1.165) is 19.3 Å². The predicted octanol–water partition coefficient (Wildman–Crippen LogP) is 1.39. The van der Waals surface area contributed by atoms with E-state index in [0.29, 0.717) is 19.2 Å². The SMILES string of the molecule is FC(F)(F)C1CNCCN(C2CC3CCC2O3)C1. The van der Waals surface area contributed by atoms with E-state index in [4.69, 9.17) is 4.74 Å². The highest BCUT2D eigenvalue weighted by atomic mass is 19.4. The van der Waals surface area contributed by atoms with Gasteiger partial charge in [-0.05, 0) is 19.3 Å². The molecule has 4 atom stereocenters. The van der Waals surface area contributed by atoms with E-state index in [2.05, 4.69) is 5.32 Å². The van der Waals surface area contributed by atoms with Crippen LogP contribution >= 0.6 is 0 Å². The third-order valence-electron chi connectivity index (χ3n) is 4.43. The van der Waals surface area contributed by atoms with Crippen LogP contribution in [0.5, 0.6) is 0 Å². The molecule has 3 heterocycles. The molecule has 3 aliphatic rings.